The van der Waals surface area contributed by atoms with E-state index in [-0.39, 0.29) is 5.91 Å². The SMILES string of the molecule is CN1C(=O)C(C)(C)N=C(c2ccccc2Cl)c2c1ccc(N=C=O)c2Br. The number of halogens is 2. The van der Waals surface area contributed by atoms with Gasteiger partial charge in [-0.15, -0.1) is 0 Å². The summed E-state index contributed by atoms with van der Waals surface area (Å²) in [4.78, 5) is 33.7. The van der Waals surface area contributed by atoms with Gasteiger partial charge in [-0.25, -0.2) is 4.79 Å². The Morgan fingerprint density at radius 1 is 1.23 bits per heavy atom. The molecule has 0 fully saturated rings. The van der Waals surface area contributed by atoms with Crippen molar-refractivity contribution in [2.75, 3.05) is 11.9 Å². The van der Waals surface area contributed by atoms with Gasteiger partial charge in [-0.05, 0) is 48.0 Å². The van der Waals surface area contributed by atoms with Crippen LogP contribution in [0.15, 0.2) is 50.9 Å². The molecule has 1 aliphatic heterocycles. The Morgan fingerprint density at radius 3 is 2.58 bits per heavy atom. The largest absolute Gasteiger partial charge is 0.313 e. The van der Waals surface area contributed by atoms with E-state index in [2.05, 4.69) is 20.9 Å². The molecule has 1 heterocycles. The van der Waals surface area contributed by atoms with E-state index in [1.807, 2.05) is 18.2 Å². The van der Waals surface area contributed by atoms with Crippen molar-refractivity contribution >= 4 is 56.6 Å². The number of hydrogen-bond donors (Lipinski definition) is 0. The number of benzene rings is 2. The number of aliphatic imine (C=N–C) groups is 2. The molecule has 0 radical (unpaired) electrons. The van der Waals surface area contributed by atoms with Crippen LogP contribution in [0.1, 0.15) is 25.0 Å². The molecule has 2 aromatic carbocycles. The molecule has 132 valence electrons. The molecule has 0 aliphatic carbocycles. The summed E-state index contributed by atoms with van der Waals surface area (Å²) in [5, 5.41) is 0.515. The number of benzodiazepines with no additional fused rings is 1. The van der Waals surface area contributed by atoms with Gasteiger partial charge in [0.2, 0.25) is 6.08 Å². The topological polar surface area (TPSA) is 62.1 Å². The molecule has 0 aromatic heterocycles. The molecule has 1 aliphatic rings. The van der Waals surface area contributed by atoms with Gasteiger partial charge in [0, 0.05) is 23.2 Å². The van der Waals surface area contributed by atoms with E-state index < -0.39 is 5.54 Å². The predicted molar refractivity (Wildman–Crippen MR) is 107 cm³/mol. The van der Waals surface area contributed by atoms with Crippen molar-refractivity contribution in [2.45, 2.75) is 19.4 Å². The number of rotatable bonds is 2. The van der Waals surface area contributed by atoms with Gasteiger partial charge in [-0.2, -0.15) is 4.99 Å². The fraction of sp³-hybridized carbons (Fsp3) is 0.211. The first-order valence-electron chi connectivity index (χ1n) is 7.81. The zero-order valence-electron chi connectivity index (χ0n) is 14.4. The van der Waals surface area contributed by atoms with Gasteiger partial charge in [0.25, 0.3) is 5.91 Å². The third kappa shape index (κ3) is 3.01. The maximum absolute atomic E-state index is 12.9. The average Bonchev–Trinajstić information content (AvgIpc) is 2.67. The maximum atomic E-state index is 12.9. The number of fused-ring (bicyclic) bond motifs is 1. The fourth-order valence-corrected chi connectivity index (χ4v) is 3.78. The Kier molecular flexibility index (Phi) is 4.84. The highest BCUT2D eigenvalue weighted by molar-refractivity contribution is 9.10. The highest BCUT2D eigenvalue weighted by atomic mass is 79.9. The fourth-order valence-electron chi connectivity index (χ4n) is 2.95. The summed E-state index contributed by atoms with van der Waals surface area (Å²) in [5.41, 5.74) is 1.96. The number of anilines is 1. The van der Waals surface area contributed by atoms with E-state index in [1.54, 1.807) is 50.1 Å². The van der Waals surface area contributed by atoms with E-state index in [4.69, 9.17) is 16.6 Å². The number of nitrogens with zero attached hydrogens (tertiary/aromatic N) is 3. The van der Waals surface area contributed by atoms with Crippen LogP contribution in [-0.4, -0.2) is 30.3 Å². The third-order valence-corrected chi connectivity index (χ3v) is 5.34. The zero-order valence-corrected chi connectivity index (χ0v) is 16.7. The summed E-state index contributed by atoms with van der Waals surface area (Å²) in [7, 11) is 1.70. The Bertz CT molecular complexity index is 994. The predicted octanol–water partition coefficient (Wildman–Crippen LogP) is 4.66. The minimum absolute atomic E-state index is 0.153. The van der Waals surface area contributed by atoms with Crippen LogP contribution in [0, 0.1) is 0 Å². The van der Waals surface area contributed by atoms with Gasteiger partial charge >= 0.3 is 0 Å². The number of isocyanates is 1. The van der Waals surface area contributed by atoms with Crippen LogP contribution in [0.5, 0.6) is 0 Å². The van der Waals surface area contributed by atoms with Crippen molar-refractivity contribution in [2.24, 2.45) is 9.98 Å². The third-order valence-electron chi connectivity index (χ3n) is 4.21. The molecule has 0 saturated carbocycles. The zero-order chi connectivity index (χ0) is 19.1. The van der Waals surface area contributed by atoms with Crippen molar-refractivity contribution in [3.05, 3.63) is 57.0 Å². The molecule has 3 rings (SSSR count). The maximum Gasteiger partial charge on any atom is 0.254 e. The molecule has 0 bridgehead atoms. The minimum atomic E-state index is -0.990. The van der Waals surface area contributed by atoms with Crippen molar-refractivity contribution < 1.29 is 9.59 Å². The highest BCUT2D eigenvalue weighted by Crippen LogP contribution is 2.41. The molecule has 5 nitrogen and oxygen atoms in total. The first-order valence-corrected chi connectivity index (χ1v) is 8.98. The van der Waals surface area contributed by atoms with Crippen molar-refractivity contribution in [3.63, 3.8) is 0 Å². The second-order valence-electron chi connectivity index (χ2n) is 6.36. The molecule has 0 atom stereocenters. The van der Waals surface area contributed by atoms with Crippen LogP contribution >= 0.6 is 27.5 Å². The van der Waals surface area contributed by atoms with Crippen LogP contribution in [0.4, 0.5) is 11.4 Å². The second-order valence-corrected chi connectivity index (χ2v) is 7.56. The van der Waals surface area contributed by atoms with Gasteiger partial charge in [0.15, 0.2) is 0 Å². The monoisotopic (exact) mass is 431 g/mol. The molecule has 0 N–H and O–H groups in total. The Labute approximate surface area is 164 Å². The second kappa shape index (κ2) is 6.80. The summed E-state index contributed by atoms with van der Waals surface area (Å²) in [6, 6.07) is 10.7. The Balaban J connectivity index is 2.44. The molecule has 0 spiro atoms. The normalized spacial score (nSPS) is 15.7. The van der Waals surface area contributed by atoms with E-state index >= 15 is 0 Å². The summed E-state index contributed by atoms with van der Waals surface area (Å²) in [5.74, 6) is -0.153. The van der Waals surface area contributed by atoms with E-state index in [0.29, 0.717) is 37.7 Å². The van der Waals surface area contributed by atoms with Gasteiger partial charge in [0.05, 0.1) is 21.6 Å². The number of carbonyl (C=O) groups excluding carboxylic acids is 2. The summed E-state index contributed by atoms with van der Waals surface area (Å²) in [6.07, 6.45) is 1.55. The Hall–Kier alpha value is -2.27. The molecule has 0 unspecified atom stereocenters. The average molecular weight is 433 g/mol. The van der Waals surface area contributed by atoms with Crippen molar-refractivity contribution in [1.29, 1.82) is 0 Å². The molecular formula is C19H15BrClN3O2. The number of amides is 1. The highest BCUT2D eigenvalue weighted by Gasteiger charge is 2.37. The molecule has 7 heteroatoms. The quantitative estimate of drug-likeness (QED) is 0.512. The smallest absolute Gasteiger partial charge is 0.254 e. The summed E-state index contributed by atoms with van der Waals surface area (Å²) in [6.45, 7) is 3.51. The summed E-state index contributed by atoms with van der Waals surface area (Å²) < 4.78 is 0.550. The van der Waals surface area contributed by atoms with Gasteiger partial charge in [0.1, 0.15) is 5.54 Å². The van der Waals surface area contributed by atoms with Crippen molar-refractivity contribution in [1.82, 2.24) is 0 Å². The molecule has 2 aromatic rings. The van der Waals surface area contributed by atoms with Crippen LogP contribution < -0.4 is 4.90 Å². The standard InChI is InChI=1S/C19H15BrClN3O2/c1-19(2)18(26)24(3)14-9-8-13(22-10-25)16(20)15(14)17(23-19)11-6-4-5-7-12(11)21/h4-9H,1-3H3. The Morgan fingerprint density at radius 2 is 1.92 bits per heavy atom. The van der Waals surface area contributed by atoms with Crippen LogP contribution in [0.2, 0.25) is 5.02 Å². The van der Waals surface area contributed by atoms with Crippen LogP contribution in [0.25, 0.3) is 0 Å². The molecular weight excluding hydrogens is 418 g/mol. The first-order chi connectivity index (χ1) is 12.3. The number of carbonyl (C=O) groups is 1. The first kappa shape index (κ1) is 18.5. The van der Waals surface area contributed by atoms with Crippen LogP contribution in [-0.2, 0) is 9.59 Å². The van der Waals surface area contributed by atoms with Gasteiger partial charge in [-0.3, -0.25) is 9.79 Å². The molecule has 1 amide bonds. The lowest BCUT2D eigenvalue weighted by atomic mass is 9.99. The molecule has 26 heavy (non-hydrogen) atoms. The van der Waals surface area contributed by atoms with E-state index in [0.717, 1.165) is 0 Å². The van der Waals surface area contributed by atoms with Crippen LogP contribution in [0.3, 0.4) is 0 Å². The molecule has 0 saturated heterocycles. The lowest BCUT2D eigenvalue weighted by Gasteiger charge is -2.24. The van der Waals surface area contributed by atoms with Crippen molar-refractivity contribution in [3.8, 4) is 0 Å². The van der Waals surface area contributed by atoms with E-state index in [9.17, 15) is 9.59 Å². The van der Waals surface area contributed by atoms with E-state index in [1.165, 1.54) is 0 Å². The minimum Gasteiger partial charge on any atom is -0.313 e. The van der Waals surface area contributed by atoms with Gasteiger partial charge < -0.3 is 4.90 Å². The number of likely N-dealkylation sites (N-methyl/N-ethyl adjacent to an activating group) is 1. The number of hydrogen-bond acceptors (Lipinski definition) is 4. The lowest BCUT2D eigenvalue weighted by Crippen LogP contribution is -2.41. The summed E-state index contributed by atoms with van der Waals surface area (Å²) >= 11 is 9.93. The lowest BCUT2D eigenvalue weighted by molar-refractivity contribution is -0.122. The van der Waals surface area contributed by atoms with Gasteiger partial charge in [-0.1, -0.05) is 29.8 Å².